The van der Waals surface area contributed by atoms with Crippen molar-refractivity contribution < 1.29 is 9.84 Å². The third-order valence-electron chi connectivity index (χ3n) is 4.26. The minimum Gasteiger partial charge on any atom is -0.496 e. The second-order valence-electron chi connectivity index (χ2n) is 5.98. The first-order valence-electron chi connectivity index (χ1n) is 7.22. The molecular formula is C16H26N2O2. The van der Waals surface area contributed by atoms with Crippen molar-refractivity contribution in [3.8, 4) is 5.75 Å². The predicted molar refractivity (Wildman–Crippen MR) is 82.5 cm³/mol. The van der Waals surface area contributed by atoms with Crippen molar-refractivity contribution in [2.45, 2.75) is 26.0 Å². The molecule has 2 rings (SSSR count). The summed E-state index contributed by atoms with van der Waals surface area (Å²) in [4.78, 5) is 4.65. The van der Waals surface area contributed by atoms with E-state index in [1.807, 2.05) is 12.1 Å². The molecule has 1 heterocycles. The van der Waals surface area contributed by atoms with Gasteiger partial charge in [0, 0.05) is 30.4 Å². The van der Waals surface area contributed by atoms with E-state index in [0.29, 0.717) is 12.0 Å². The minimum absolute atomic E-state index is 0.533. The van der Waals surface area contributed by atoms with Crippen molar-refractivity contribution in [3.05, 3.63) is 23.8 Å². The number of methoxy groups -OCH3 is 1. The van der Waals surface area contributed by atoms with Gasteiger partial charge in [0.25, 0.3) is 0 Å². The van der Waals surface area contributed by atoms with Gasteiger partial charge in [0.2, 0.25) is 0 Å². The molecule has 0 aromatic heterocycles. The van der Waals surface area contributed by atoms with Crippen LogP contribution in [-0.2, 0) is 0 Å². The Balaban J connectivity index is 2.34. The first kappa shape index (κ1) is 15.1. The predicted octanol–water partition coefficient (Wildman–Crippen LogP) is 2.13. The van der Waals surface area contributed by atoms with Gasteiger partial charge in [0.05, 0.1) is 13.2 Å². The normalized spacial score (nSPS) is 24.2. The number of hydrogen-bond donors (Lipinski definition) is 1. The third-order valence-corrected chi connectivity index (χ3v) is 4.26. The van der Waals surface area contributed by atoms with Gasteiger partial charge >= 0.3 is 0 Å². The zero-order valence-electron chi connectivity index (χ0n) is 13.1. The molecule has 1 saturated heterocycles. The SMILES string of the molecule is COc1cccc(N2CC(C)C(N(C)C)C2)c1[C@@H](C)O. The van der Waals surface area contributed by atoms with Gasteiger partial charge in [-0.05, 0) is 39.1 Å². The molecule has 1 aromatic rings. The number of ether oxygens (including phenoxy) is 1. The van der Waals surface area contributed by atoms with Gasteiger partial charge < -0.3 is 19.6 Å². The van der Waals surface area contributed by atoms with Crippen LogP contribution in [-0.4, -0.2) is 50.3 Å². The number of likely N-dealkylation sites (N-methyl/N-ethyl adjacent to an activating group) is 1. The smallest absolute Gasteiger partial charge is 0.126 e. The molecule has 0 bridgehead atoms. The fourth-order valence-electron chi connectivity index (χ4n) is 3.22. The third kappa shape index (κ3) is 2.76. The van der Waals surface area contributed by atoms with Crippen molar-refractivity contribution in [3.63, 3.8) is 0 Å². The molecule has 0 radical (unpaired) electrons. The summed E-state index contributed by atoms with van der Waals surface area (Å²) >= 11 is 0. The van der Waals surface area contributed by atoms with E-state index in [-0.39, 0.29) is 0 Å². The van der Waals surface area contributed by atoms with E-state index in [9.17, 15) is 5.11 Å². The Labute approximate surface area is 122 Å². The van der Waals surface area contributed by atoms with E-state index in [2.05, 4.69) is 36.9 Å². The second-order valence-corrected chi connectivity index (χ2v) is 5.98. The molecule has 0 aliphatic carbocycles. The molecule has 0 saturated carbocycles. The largest absolute Gasteiger partial charge is 0.496 e. The Morgan fingerprint density at radius 1 is 1.35 bits per heavy atom. The molecule has 4 nitrogen and oxygen atoms in total. The Bertz CT molecular complexity index is 460. The van der Waals surface area contributed by atoms with E-state index < -0.39 is 6.10 Å². The highest BCUT2D eigenvalue weighted by Gasteiger charge is 2.32. The van der Waals surface area contributed by atoms with E-state index in [0.717, 1.165) is 30.1 Å². The molecule has 1 fully saturated rings. The van der Waals surface area contributed by atoms with Crippen LogP contribution < -0.4 is 9.64 Å². The molecule has 1 N–H and O–H groups in total. The zero-order valence-corrected chi connectivity index (χ0v) is 13.1. The number of nitrogens with zero attached hydrogens (tertiary/aromatic N) is 2. The maximum atomic E-state index is 10.1. The van der Waals surface area contributed by atoms with Crippen LogP contribution in [0.4, 0.5) is 5.69 Å². The molecule has 4 heteroatoms. The molecule has 2 unspecified atom stereocenters. The number of aliphatic hydroxyl groups excluding tert-OH is 1. The highest BCUT2D eigenvalue weighted by molar-refractivity contribution is 5.61. The average Bonchev–Trinajstić information content (AvgIpc) is 2.79. The lowest BCUT2D eigenvalue weighted by Gasteiger charge is -2.26. The Morgan fingerprint density at radius 2 is 2.05 bits per heavy atom. The summed E-state index contributed by atoms with van der Waals surface area (Å²) in [5.41, 5.74) is 1.98. The topological polar surface area (TPSA) is 35.9 Å². The summed E-state index contributed by atoms with van der Waals surface area (Å²) in [5.74, 6) is 1.37. The quantitative estimate of drug-likeness (QED) is 0.915. The van der Waals surface area contributed by atoms with Gasteiger partial charge in [0.1, 0.15) is 5.75 Å². The van der Waals surface area contributed by atoms with E-state index in [1.165, 1.54) is 0 Å². The van der Waals surface area contributed by atoms with Crippen LogP contribution in [0, 0.1) is 5.92 Å². The lowest BCUT2D eigenvalue weighted by Crippen LogP contribution is -2.34. The Hall–Kier alpha value is -1.26. The van der Waals surface area contributed by atoms with Crippen LogP contribution in [0.15, 0.2) is 18.2 Å². The summed E-state index contributed by atoms with van der Waals surface area (Å²) in [6.45, 7) is 6.08. The van der Waals surface area contributed by atoms with E-state index in [4.69, 9.17) is 4.74 Å². The summed E-state index contributed by atoms with van der Waals surface area (Å²) < 4.78 is 5.41. The number of benzene rings is 1. The lowest BCUT2D eigenvalue weighted by molar-refractivity contribution is 0.194. The van der Waals surface area contributed by atoms with E-state index >= 15 is 0 Å². The summed E-state index contributed by atoms with van der Waals surface area (Å²) in [5, 5.41) is 10.1. The number of anilines is 1. The minimum atomic E-state index is -0.533. The fourth-order valence-corrected chi connectivity index (χ4v) is 3.22. The van der Waals surface area contributed by atoms with Crippen molar-refractivity contribution in [1.82, 2.24) is 4.90 Å². The first-order chi connectivity index (χ1) is 9.45. The molecule has 20 heavy (non-hydrogen) atoms. The van der Waals surface area contributed by atoms with Crippen LogP contribution in [0.5, 0.6) is 5.75 Å². The van der Waals surface area contributed by atoms with Crippen molar-refractivity contribution >= 4 is 5.69 Å². The lowest BCUT2D eigenvalue weighted by atomic mass is 10.1. The molecular weight excluding hydrogens is 252 g/mol. The second kappa shape index (κ2) is 6.02. The summed E-state index contributed by atoms with van der Waals surface area (Å²) in [7, 11) is 5.91. The van der Waals surface area contributed by atoms with Crippen LogP contribution >= 0.6 is 0 Å². The maximum Gasteiger partial charge on any atom is 0.126 e. The highest BCUT2D eigenvalue weighted by Crippen LogP contribution is 2.37. The molecule has 1 aliphatic heterocycles. The monoisotopic (exact) mass is 278 g/mol. The molecule has 3 atom stereocenters. The van der Waals surface area contributed by atoms with Crippen LogP contribution in [0.2, 0.25) is 0 Å². The number of aliphatic hydroxyl groups is 1. The zero-order chi connectivity index (χ0) is 14.9. The Morgan fingerprint density at radius 3 is 2.55 bits per heavy atom. The van der Waals surface area contributed by atoms with Crippen molar-refractivity contribution in [2.24, 2.45) is 5.92 Å². The molecule has 1 aromatic carbocycles. The van der Waals surface area contributed by atoms with Gasteiger partial charge in [-0.1, -0.05) is 13.0 Å². The van der Waals surface area contributed by atoms with Gasteiger partial charge in [0.15, 0.2) is 0 Å². The van der Waals surface area contributed by atoms with Gasteiger partial charge in [-0.25, -0.2) is 0 Å². The molecule has 112 valence electrons. The highest BCUT2D eigenvalue weighted by atomic mass is 16.5. The van der Waals surface area contributed by atoms with Crippen molar-refractivity contribution in [1.29, 1.82) is 0 Å². The molecule has 1 aliphatic rings. The Kier molecular flexibility index (Phi) is 4.55. The standard InChI is InChI=1S/C16H26N2O2/c1-11-9-18(10-14(11)17(3)4)13-7-6-8-15(20-5)16(13)12(2)19/h6-8,11-12,14,19H,9-10H2,1-5H3/t11?,12-,14?/m1/s1. The average molecular weight is 278 g/mol. The van der Waals surface area contributed by atoms with Crippen LogP contribution in [0.3, 0.4) is 0 Å². The van der Waals surface area contributed by atoms with Crippen LogP contribution in [0.1, 0.15) is 25.5 Å². The number of hydrogen-bond acceptors (Lipinski definition) is 4. The van der Waals surface area contributed by atoms with Gasteiger partial charge in [-0.15, -0.1) is 0 Å². The number of rotatable bonds is 4. The molecule has 0 amide bonds. The maximum absolute atomic E-state index is 10.1. The van der Waals surface area contributed by atoms with E-state index in [1.54, 1.807) is 14.0 Å². The molecule has 0 spiro atoms. The van der Waals surface area contributed by atoms with Gasteiger partial charge in [-0.3, -0.25) is 0 Å². The summed E-state index contributed by atoms with van der Waals surface area (Å²) in [6, 6.07) is 6.53. The fraction of sp³-hybridized carbons (Fsp3) is 0.625. The van der Waals surface area contributed by atoms with Crippen molar-refractivity contribution in [2.75, 3.05) is 39.2 Å². The first-order valence-corrected chi connectivity index (χ1v) is 7.22. The van der Waals surface area contributed by atoms with Gasteiger partial charge in [-0.2, -0.15) is 0 Å². The summed E-state index contributed by atoms with van der Waals surface area (Å²) in [6.07, 6.45) is -0.533. The van der Waals surface area contributed by atoms with Crippen LogP contribution in [0.25, 0.3) is 0 Å².